The van der Waals surface area contributed by atoms with Crippen molar-refractivity contribution in [3.8, 4) is 5.69 Å². The zero-order chi connectivity index (χ0) is 18.4. The summed E-state index contributed by atoms with van der Waals surface area (Å²) in [4.78, 5) is 28.7. The first-order valence-corrected chi connectivity index (χ1v) is 8.77. The number of hydrogen-bond acceptors (Lipinski definition) is 4. The molecule has 4 rings (SSSR count). The Morgan fingerprint density at radius 3 is 2.62 bits per heavy atom. The highest BCUT2D eigenvalue weighted by atomic mass is 16.5. The van der Waals surface area contributed by atoms with Crippen molar-refractivity contribution in [3.05, 3.63) is 47.3 Å². The fourth-order valence-electron chi connectivity index (χ4n) is 3.97. The number of carbonyl (C=O) groups excluding carboxylic acids is 2. The molecule has 0 saturated carbocycles. The van der Waals surface area contributed by atoms with Crippen LogP contribution in [0.15, 0.2) is 30.3 Å². The van der Waals surface area contributed by atoms with Gasteiger partial charge >= 0.3 is 0 Å². The second kappa shape index (κ2) is 6.25. The van der Waals surface area contributed by atoms with Crippen LogP contribution in [0.2, 0.25) is 0 Å². The number of methoxy groups -OCH3 is 1. The van der Waals surface area contributed by atoms with Gasteiger partial charge in [-0.05, 0) is 26.0 Å². The van der Waals surface area contributed by atoms with Crippen molar-refractivity contribution in [2.75, 3.05) is 26.8 Å². The third kappa shape index (κ3) is 2.42. The Morgan fingerprint density at radius 1 is 1.27 bits per heavy atom. The lowest BCUT2D eigenvalue weighted by molar-refractivity contribution is -0.142. The second-order valence-corrected chi connectivity index (χ2v) is 6.87. The largest absolute Gasteiger partial charge is 0.375 e. The molecule has 1 aromatic heterocycles. The molecule has 0 radical (unpaired) electrons. The molecule has 1 fully saturated rings. The van der Waals surface area contributed by atoms with Crippen LogP contribution in [-0.2, 0) is 9.53 Å². The summed E-state index contributed by atoms with van der Waals surface area (Å²) in [7, 11) is 1.51. The molecule has 2 aliphatic heterocycles. The van der Waals surface area contributed by atoms with E-state index in [0.717, 1.165) is 16.9 Å². The van der Waals surface area contributed by atoms with Crippen molar-refractivity contribution in [1.82, 2.24) is 19.6 Å². The molecule has 1 saturated heterocycles. The number of para-hydroxylation sites is 1. The van der Waals surface area contributed by atoms with E-state index in [4.69, 9.17) is 4.74 Å². The molecule has 0 spiro atoms. The molecule has 7 nitrogen and oxygen atoms in total. The zero-order valence-corrected chi connectivity index (χ0v) is 15.2. The predicted octanol–water partition coefficient (Wildman–Crippen LogP) is 1.55. The molecular formula is C19H22N4O3. The predicted molar refractivity (Wildman–Crippen MR) is 95.1 cm³/mol. The number of benzene rings is 1. The number of carbonyl (C=O) groups is 2. The highest BCUT2D eigenvalue weighted by Crippen LogP contribution is 2.39. The fourth-order valence-corrected chi connectivity index (χ4v) is 3.97. The minimum Gasteiger partial charge on any atom is -0.375 e. The summed E-state index contributed by atoms with van der Waals surface area (Å²) >= 11 is 0. The van der Waals surface area contributed by atoms with Gasteiger partial charge in [0.15, 0.2) is 0 Å². The van der Waals surface area contributed by atoms with Gasteiger partial charge in [-0.15, -0.1) is 0 Å². The first-order chi connectivity index (χ1) is 12.5. The minimum atomic E-state index is -0.0420. The van der Waals surface area contributed by atoms with Crippen LogP contribution in [-0.4, -0.2) is 64.2 Å². The van der Waals surface area contributed by atoms with E-state index < -0.39 is 0 Å². The molecule has 0 bridgehead atoms. The number of aromatic nitrogens is 2. The molecular weight excluding hydrogens is 332 g/mol. The average molecular weight is 354 g/mol. The van der Waals surface area contributed by atoms with E-state index in [-0.39, 0.29) is 30.5 Å². The molecule has 2 aliphatic rings. The van der Waals surface area contributed by atoms with Gasteiger partial charge in [-0.3, -0.25) is 9.59 Å². The molecule has 2 amide bonds. The van der Waals surface area contributed by atoms with E-state index >= 15 is 0 Å². The van der Waals surface area contributed by atoms with Crippen molar-refractivity contribution >= 4 is 11.8 Å². The van der Waals surface area contributed by atoms with Crippen LogP contribution < -0.4 is 0 Å². The molecule has 1 unspecified atom stereocenters. The van der Waals surface area contributed by atoms with Crippen LogP contribution >= 0.6 is 0 Å². The summed E-state index contributed by atoms with van der Waals surface area (Å²) in [6.45, 7) is 5.17. The minimum absolute atomic E-state index is 0.0132. The molecule has 7 heteroatoms. The van der Waals surface area contributed by atoms with Gasteiger partial charge in [-0.1, -0.05) is 18.2 Å². The highest BCUT2D eigenvalue weighted by molar-refractivity contribution is 5.99. The molecule has 1 aromatic carbocycles. The van der Waals surface area contributed by atoms with Gasteiger partial charge in [0.25, 0.3) is 5.91 Å². The van der Waals surface area contributed by atoms with E-state index in [2.05, 4.69) is 5.10 Å². The molecule has 26 heavy (non-hydrogen) atoms. The van der Waals surface area contributed by atoms with Crippen LogP contribution in [0.3, 0.4) is 0 Å². The Balaban J connectivity index is 1.60. The van der Waals surface area contributed by atoms with E-state index in [1.54, 1.807) is 9.58 Å². The first-order valence-electron chi connectivity index (χ1n) is 8.77. The third-order valence-electron chi connectivity index (χ3n) is 5.26. The number of ether oxygens (including phenoxy) is 1. The van der Waals surface area contributed by atoms with Gasteiger partial charge < -0.3 is 14.5 Å². The summed E-state index contributed by atoms with van der Waals surface area (Å²) in [5.74, 6) is -0.0482. The highest BCUT2D eigenvalue weighted by Gasteiger charge is 2.47. The summed E-state index contributed by atoms with van der Waals surface area (Å²) in [6.07, 6.45) is 0. The molecule has 136 valence electrons. The van der Waals surface area contributed by atoms with Crippen LogP contribution in [0.5, 0.6) is 0 Å². The van der Waals surface area contributed by atoms with Gasteiger partial charge in [0.1, 0.15) is 12.3 Å². The maximum Gasteiger partial charge on any atom is 0.273 e. The molecule has 0 N–H and O–H groups in total. The van der Waals surface area contributed by atoms with E-state index in [1.807, 2.05) is 49.1 Å². The van der Waals surface area contributed by atoms with Crippen LogP contribution in [0.1, 0.15) is 34.7 Å². The van der Waals surface area contributed by atoms with Crippen LogP contribution in [0.25, 0.3) is 5.69 Å². The SMILES string of the molecule is COCC(=O)N1CC(N2C(=O)c3c(c(C)nn3-c3ccccc3)C2C)C1. The summed E-state index contributed by atoms with van der Waals surface area (Å²) < 4.78 is 6.64. The van der Waals surface area contributed by atoms with Crippen molar-refractivity contribution in [2.24, 2.45) is 0 Å². The van der Waals surface area contributed by atoms with Crippen molar-refractivity contribution in [2.45, 2.75) is 25.9 Å². The smallest absolute Gasteiger partial charge is 0.273 e. The van der Waals surface area contributed by atoms with Crippen molar-refractivity contribution in [1.29, 1.82) is 0 Å². The van der Waals surface area contributed by atoms with Crippen molar-refractivity contribution in [3.63, 3.8) is 0 Å². The monoisotopic (exact) mass is 354 g/mol. The number of aryl methyl sites for hydroxylation is 1. The average Bonchev–Trinajstić information content (AvgIpc) is 3.06. The van der Waals surface area contributed by atoms with E-state index in [9.17, 15) is 9.59 Å². The maximum absolute atomic E-state index is 13.2. The van der Waals surface area contributed by atoms with Gasteiger partial charge in [-0.25, -0.2) is 4.68 Å². The number of likely N-dealkylation sites (tertiary alicyclic amines) is 1. The second-order valence-electron chi connectivity index (χ2n) is 6.87. The number of fused-ring (bicyclic) bond motifs is 1. The first kappa shape index (κ1) is 16.8. The van der Waals surface area contributed by atoms with Gasteiger partial charge in [0.2, 0.25) is 5.91 Å². The third-order valence-corrected chi connectivity index (χ3v) is 5.26. The summed E-state index contributed by atoms with van der Waals surface area (Å²) in [6, 6.07) is 9.70. The molecule has 3 heterocycles. The summed E-state index contributed by atoms with van der Waals surface area (Å²) in [5, 5.41) is 4.60. The lowest BCUT2D eigenvalue weighted by Crippen LogP contribution is -2.62. The Hall–Kier alpha value is -2.67. The standard InChI is InChI=1S/C19H22N4O3/c1-12-17-13(2)22(15-9-21(10-15)16(24)11-26-3)19(25)18(17)23(20-12)14-7-5-4-6-8-14/h4-8,13,15H,9-11H2,1-3H3. The normalized spacial score (nSPS) is 19.7. The topological polar surface area (TPSA) is 67.7 Å². The van der Waals surface area contributed by atoms with Crippen LogP contribution in [0, 0.1) is 6.92 Å². The van der Waals surface area contributed by atoms with E-state index in [0.29, 0.717) is 18.8 Å². The molecule has 0 aliphatic carbocycles. The maximum atomic E-state index is 13.2. The molecule has 1 atom stereocenters. The number of hydrogen-bond donors (Lipinski definition) is 0. The fraction of sp³-hybridized carbons (Fsp3) is 0.421. The number of nitrogens with zero attached hydrogens (tertiary/aromatic N) is 4. The van der Waals surface area contributed by atoms with E-state index in [1.165, 1.54) is 7.11 Å². The lowest BCUT2D eigenvalue weighted by atomic mass is 10.0. The Morgan fingerprint density at radius 2 is 1.96 bits per heavy atom. The van der Waals surface area contributed by atoms with Crippen LogP contribution in [0.4, 0.5) is 0 Å². The van der Waals surface area contributed by atoms with Gasteiger partial charge in [0, 0.05) is 25.8 Å². The number of rotatable bonds is 4. The quantitative estimate of drug-likeness (QED) is 0.836. The Labute approximate surface area is 152 Å². The van der Waals surface area contributed by atoms with Crippen molar-refractivity contribution < 1.29 is 14.3 Å². The van der Waals surface area contributed by atoms with Gasteiger partial charge in [0.05, 0.1) is 23.5 Å². The zero-order valence-electron chi connectivity index (χ0n) is 15.2. The summed E-state index contributed by atoms with van der Waals surface area (Å²) in [5.41, 5.74) is 3.38. The lowest BCUT2D eigenvalue weighted by Gasteiger charge is -2.45. The molecule has 2 aromatic rings. The Bertz CT molecular complexity index is 855. The Kier molecular flexibility index (Phi) is 4.03. The number of amides is 2. The van der Waals surface area contributed by atoms with Gasteiger partial charge in [-0.2, -0.15) is 5.10 Å².